The van der Waals surface area contributed by atoms with Gasteiger partial charge in [-0.15, -0.1) is 0 Å². The molecule has 1 N–H and O–H groups in total. The normalized spacial score (nSPS) is 12.9. The Kier molecular flexibility index (Phi) is 3.00. The molecule has 72 valence electrons. The molecule has 1 aromatic heterocycles. The Hall–Kier alpha value is -1.39. The van der Waals surface area contributed by atoms with E-state index >= 15 is 0 Å². The van der Waals surface area contributed by atoms with Crippen LogP contribution in [0, 0.1) is 0 Å². The van der Waals surface area contributed by atoms with E-state index in [1.54, 1.807) is 6.92 Å². The van der Waals surface area contributed by atoms with Gasteiger partial charge in [-0.25, -0.2) is 9.67 Å². The third-order valence-corrected chi connectivity index (χ3v) is 1.64. The Morgan fingerprint density at radius 3 is 2.62 bits per heavy atom. The lowest BCUT2D eigenvalue weighted by atomic mass is 10.3. The molecule has 1 atom stereocenters. The summed E-state index contributed by atoms with van der Waals surface area (Å²) in [6, 6.07) is -0.150. The molecule has 0 radical (unpaired) electrons. The zero-order valence-electron chi connectivity index (χ0n) is 8.06. The monoisotopic (exact) mass is 182 g/mol. The van der Waals surface area contributed by atoms with Crippen molar-refractivity contribution in [1.29, 1.82) is 0 Å². The van der Waals surface area contributed by atoms with Gasteiger partial charge >= 0.3 is 0 Å². The van der Waals surface area contributed by atoms with E-state index in [-0.39, 0.29) is 18.0 Å². The minimum atomic E-state index is -0.301. The molecule has 0 bridgehead atoms. The van der Waals surface area contributed by atoms with Gasteiger partial charge in [0.05, 0.1) is 0 Å². The number of hydrogen-bond donors (Lipinski definition) is 1. The predicted molar refractivity (Wildman–Crippen MR) is 48.0 cm³/mol. The number of nitrogens with zero attached hydrogens (tertiary/aromatic N) is 3. The predicted octanol–water partition coefficient (Wildman–Crippen LogP) is 0.364. The highest BCUT2D eigenvalue weighted by Gasteiger charge is 2.15. The zero-order chi connectivity index (χ0) is 9.84. The third-order valence-electron chi connectivity index (χ3n) is 1.64. The second kappa shape index (κ2) is 4.02. The molecular weight excluding hydrogens is 168 g/mol. The summed E-state index contributed by atoms with van der Waals surface area (Å²) in [6.07, 6.45) is 2.95. The number of amides is 1. The standard InChI is InChI=1S/C8H14N4O/c1-6(2)11-8(13)7(3)12-5-9-4-10-12/h4-7H,1-3H3,(H,11,13). The van der Waals surface area contributed by atoms with Crippen molar-refractivity contribution in [2.45, 2.75) is 32.9 Å². The average molecular weight is 182 g/mol. The zero-order valence-corrected chi connectivity index (χ0v) is 8.06. The fourth-order valence-corrected chi connectivity index (χ4v) is 0.943. The van der Waals surface area contributed by atoms with Crippen LogP contribution in [-0.4, -0.2) is 26.7 Å². The van der Waals surface area contributed by atoms with Crippen molar-refractivity contribution < 1.29 is 4.79 Å². The minimum absolute atomic E-state index is 0.0412. The molecule has 1 aromatic rings. The number of carbonyl (C=O) groups excluding carboxylic acids is 1. The summed E-state index contributed by atoms with van der Waals surface area (Å²) < 4.78 is 1.53. The maximum atomic E-state index is 11.5. The van der Waals surface area contributed by atoms with Crippen LogP contribution in [0.25, 0.3) is 0 Å². The van der Waals surface area contributed by atoms with Gasteiger partial charge < -0.3 is 5.32 Å². The Labute approximate surface area is 77.2 Å². The Bertz CT molecular complexity index is 268. The van der Waals surface area contributed by atoms with E-state index in [1.165, 1.54) is 17.3 Å². The van der Waals surface area contributed by atoms with Crippen LogP contribution in [0.15, 0.2) is 12.7 Å². The van der Waals surface area contributed by atoms with Crippen LogP contribution in [0.3, 0.4) is 0 Å². The Morgan fingerprint density at radius 1 is 1.46 bits per heavy atom. The summed E-state index contributed by atoms with van der Waals surface area (Å²) in [6.45, 7) is 5.63. The number of rotatable bonds is 3. The van der Waals surface area contributed by atoms with Crippen LogP contribution in [0.1, 0.15) is 26.8 Å². The summed E-state index contributed by atoms with van der Waals surface area (Å²) in [4.78, 5) is 15.2. The molecule has 0 aliphatic carbocycles. The average Bonchev–Trinajstić information content (AvgIpc) is 2.53. The smallest absolute Gasteiger partial charge is 0.244 e. The molecule has 13 heavy (non-hydrogen) atoms. The summed E-state index contributed by atoms with van der Waals surface area (Å²) in [5.74, 6) is -0.0412. The van der Waals surface area contributed by atoms with Crippen LogP contribution >= 0.6 is 0 Å². The van der Waals surface area contributed by atoms with E-state index < -0.39 is 0 Å². The second-order valence-corrected chi connectivity index (χ2v) is 3.21. The molecule has 0 aliphatic rings. The molecule has 5 heteroatoms. The van der Waals surface area contributed by atoms with Crippen molar-refractivity contribution in [1.82, 2.24) is 20.1 Å². The summed E-state index contributed by atoms with van der Waals surface area (Å²) in [5, 5.41) is 6.69. The third kappa shape index (κ3) is 2.54. The highest BCUT2D eigenvalue weighted by atomic mass is 16.2. The van der Waals surface area contributed by atoms with Gasteiger partial charge in [0.25, 0.3) is 0 Å². The first-order valence-electron chi connectivity index (χ1n) is 4.25. The fourth-order valence-electron chi connectivity index (χ4n) is 0.943. The van der Waals surface area contributed by atoms with Crippen molar-refractivity contribution in [3.05, 3.63) is 12.7 Å². The lowest BCUT2D eigenvalue weighted by Gasteiger charge is -2.13. The second-order valence-electron chi connectivity index (χ2n) is 3.21. The summed E-state index contributed by atoms with van der Waals surface area (Å²) >= 11 is 0. The van der Waals surface area contributed by atoms with Gasteiger partial charge in [-0.05, 0) is 20.8 Å². The van der Waals surface area contributed by atoms with E-state index in [1.807, 2.05) is 13.8 Å². The fraction of sp³-hybridized carbons (Fsp3) is 0.625. The van der Waals surface area contributed by atoms with Gasteiger partial charge in [0, 0.05) is 6.04 Å². The number of carbonyl (C=O) groups is 1. The molecule has 1 amide bonds. The summed E-state index contributed by atoms with van der Waals surface area (Å²) in [7, 11) is 0. The molecule has 1 heterocycles. The van der Waals surface area contributed by atoms with E-state index in [2.05, 4.69) is 15.4 Å². The summed E-state index contributed by atoms with van der Waals surface area (Å²) in [5.41, 5.74) is 0. The lowest BCUT2D eigenvalue weighted by Crippen LogP contribution is -2.35. The van der Waals surface area contributed by atoms with Crippen molar-refractivity contribution in [3.63, 3.8) is 0 Å². The van der Waals surface area contributed by atoms with Gasteiger partial charge in [0.15, 0.2) is 0 Å². The first-order valence-corrected chi connectivity index (χ1v) is 4.25. The van der Waals surface area contributed by atoms with Gasteiger partial charge in [-0.2, -0.15) is 5.10 Å². The van der Waals surface area contributed by atoms with E-state index in [0.29, 0.717) is 0 Å². The molecular formula is C8H14N4O. The number of aromatic nitrogens is 3. The molecule has 0 aromatic carbocycles. The van der Waals surface area contributed by atoms with E-state index in [4.69, 9.17) is 0 Å². The lowest BCUT2D eigenvalue weighted by molar-refractivity contribution is -0.124. The minimum Gasteiger partial charge on any atom is -0.352 e. The molecule has 0 saturated heterocycles. The molecule has 1 rings (SSSR count). The first-order chi connectivity index (χ1) is 6.11. The molecule has 0 spiro atoms. The highest BCUT2D eigenvalue weighted by Crippen LogP contribution is 2.01. The Morgan fingerprint density at radius 2 is 2.15 bits per heavy atom. The SMILES string of the molecule is CC(C)NC(=O)C(C)n1cncn1. The maximum absolute atomic E-state index is 11.5. The number of nitrogens with one attached hydrogen (secondary N) is 1. The van der Waals surface area contributed by atoms with E-state index in [9.17, 15) is 4.79 Å². The van der Waals surface area contributed by atoms with Crippen molar-refractivity contribution in [3.8, 4) is 0 Å². The molecule has 5 nitrogen and oxygen atoms in total. The van der Waals surface area contributed by atoms with Crippen molar-refractivity contribution in [2.24, 2.45) is 0 Å². The first kappa shape index (κ1) is 9.70. The van der Waals surface area contributed by atoms with Crippen LogP contribution < -0.4 is 5.32 Å². The van der Waals surface area contributed by atoms with Crippen LogP contribution in [-0.2, 0) is 4.79 Å². The van der Waals surface area contributed by atoms with Crippen molar-refractivity contribution in [2.75, 3.05) is 0 Å². The topological polar surface area (TPSA) is 59.8 Å². The largest absolute Gasteiger partial charge is 0.352 e. The maximum Gasteiger partial charge on any atom is 0.244 e. The molecule has 0 aliphatic heterocycles. The quantitative estimate of drug-likeness (QED) is 0.734. The van der Waals surface area contributed by atoms with E-state index in [0.717, 1.165) is 0 Å². The van der Waals surface area contributed by atoms with Crippen molar-refractivity contribution >= 4 is 5.91 Å². The molecule has 0 fully saturated rings. The number of hydrogen-bond acceptors (Lipinski definition) is 3. The van der Waals surface area contributed by atoms with Crippen LogP contribution in [0.5, 0.6) is 0 Å². The highest BCUT2D eigenvalue weighted by molar-refractivity contribution is 5.79. The van der Waals surface area contributed by atoms with Gasteiger partial charge in [0.1, 0.15) is 18.7 Å². The van der Waals surface area contributed by atoms with Crippen LogP contribution in [0.2, 0.25) is 0 Å². The molecule has 0 saturated carbocycles. The van der Waals surface area contributed by atoms with Gasteiger partial charge in [-0.3, -0.25) is 4.79 Å². The Balaban J connectivity index is 2.58. The van der Waals surface area contributed by atoms with Crippen LogP contribution in [0.4, 0.5) is 0 Å². The van der Waals surface area contributed by atoms with Gasteiger partial charge in [-0.1, -0.05) is 0 Å². The molecule has 1 unspecified atom stereocenters. The van der Waals surface area contributed by atoms with Gasteiger partial charge in [0.2, 0.25) is 5.91 Å².